The van der Waals surface area contributed by atoms with E-state index in [1.807, 2.05) is 4.90 Å². The van der Waals surface area contributed by atoms with Gasteiger partial charge in [-0.25, -0.2) is 4.79 Å². The van der Waals surface area contributed by atoms with Crippen LogP contribution in [0.4, 0.5) is 18.0 Å². The van der Waals surface area contributed by atoms with Gasteiger partial charge in [-0.05, 0) is 25.2 Å². The van der Waals surface area contributed by atoms with Crippen LogP contribution in [0.2, 0.25) is 0 Å². The second-order valence-electron chi connectivity index (χ2n) is 7.27. The lowest BCUT2D eigenvalue weighted by atomic mass is 9.87. The van der Waals surface area contributed by atoms with Gasteiger partial charge in [-0.1, -0.05) is 19.8 Å². The van der Waals surface area contributed by atoms with Crippen molar-refractivity contribution in [2.75, 3.05) is 45.9 Å². The number of carbonyl (C=O) groups is 1. The van der Waals surface area contributed by atoms with Crippen LogP contribution in [-0.4, -0.2) is 74.0 Å². The van der Waals surface area contributed by atoms with Gasteiger partial charge in [0.05, 0.1) is 0 Å². The molecule has 0 aromatic carbocycles. The zero-order valence-corrected chi connectivity index (χ0v) is 15.0. The molecule has 2 rings (SSSR count). The monoisotopic (exact) mass is 365 g/mol. The predicted octanol–water partition coefficient (Wildman–Crippen LogP) is 2.86. The van der Waals surface area contributed by atoms with Crippen molar-refractivity contribution in [1.82, 2.24) is 15.1 Å². The zero-order chi connectivity index (χ0) is 18.3. The molecule has 0 radical (unpaired) electrons. The molecule has 8 heteroatoms. The smallest absolute Gasteiger partial charge is 0.372 e. The molecule has 1 saturated heterocycles. The van der Waals surface area contributed by atoms with Crippen LogP contribution in [0.3, 0.4) is 0 Å². The number of alkyl halides is 3. The van der Waals surface area contributed by atoms with Crippen LogP contribution in [0.25, 0.3) is 0 Å². The van der Waals surface area contributed by atoms with Gasteiger partial charge in [0.1, 0.15) is 6.61 Å². The van der Waals surface area contributed by atoms with Gasteiger partial charge < -0.3 is 15.0 Å². The minimum absolute atomic E-state index is 0.0206. The topological polar surface area (TPSA) is 44.8 Å². The lowest BCUT2D eigenvalue weighted by Gasteiger charge is -2.36. The fourth-order valence-corrected chi connectivity index (χ4v) is 3.58. The number of ether oxygens (including phenoxy) is 1. The molecule has 0 bridgehead atoms. The first-order valence-corrected chi connectivity index (χ1v) is 9.26. The van der Waals surface area contributed by atoms with Crippen LogP contribution >= 0.6 is 0 Å². The van der Waals surface area contributed by atoms with Gasteiger partial charge in [0.2, 0.25) is 0 Å². The van der Waals surface area contributed by atoms with Crippen molar-refractivity contribution < 1.29 is 22.7 Å². The summed E-state index contributed by atoms with van der Waals surface area (Å²) in [7, 11) is 0. The number of carbonyl (C=O) groups excluding carboxylic acids is 1. The summed E-state index contributed by atoms with van der Waals surface area (Å²) in [6, 6.07) is 0.312. The van der Waals surface area contributed by atoms with Crippen molar-refractivity contribution in [2.45, 2.75) is 51.2 Å². The number of hydrogen-bond acceptors (Lipinski definition) is 3. The Kier molecular flexibility index (Phi) is 7.81. The third kappa shape index (κ3) is 7.81. The minimum atomic E-state index is -4.25. The molecule has 146 valence electrons. The highest BCUT2D eigenvalue weighted by Gasteiger charge is 2.27. The van der Waals surface area contributed by atoms with Crippen LogP contribution in [0.15, 0.2) is 0 Å². The molecule has 1 aliphatic carbocycles. The highest BCUT2D eigenvalue weighted by molar-refractivity contribution is 5.74. The summed E-state index contributed by atoms with van der Waals surface area (Å²) >= 11 is 0. The van der Waals surface area contributed by atoms with Gasteiger partial charge in [-0.3, -0.25) is 4.90 Å². The Balaban J connectivity index is 1.57. The first-order chi connectivity index (χ1) is 11.8. The van der Waals surface area contributed by atoms with Crippen LogP contribution < -0.4 is 5.32 Å². The summed E-state index contributed by atoms with van der Waals surface area (Å²) < 4.78 is 40.5. The van der Waals surface area contributed by atoms with E-state index in [9.17, 15) is 18.0 Å². The molecule has 2 amide bonds. The van der Waals surface area contributed by atoms with Crippen molar-refractivity contribution in [2.24, 2.45) is 5.92 Å². The average Bonchev–Trinajstić information content (AvgIpc) is 2.54. The van der Waals surface area contributed by atoms with Crippen molar-refractivity contribution in [3.05, 3.63) is 0 Å². The Morgan fingerprint density at radius 1 is 1.20 bits per heavy atom. The quantitative estimate of drug-likeness (QED) is 0.736. The molecule has 2 unspecified atom stereocenters. The van der Waals surface area contributed by atoms with E-state index in [4.69, 9.17) is 0 Å². The SMILES string of the molecule is CC1CCCC(NC(=O)N2CCN(CCCOCC(F)(F)F)CC2)C1. The molecule has 5 nitrogen and oxygen atoms in total. The number of nitrogens with one attached hydrogen (secondary N) is 1. The molecule has 0 spiro atoms. The molecular formula is C17H30F3N3O2. The second kappa shape index (κ2) is 9.62. The van der Waals surface area contributed by atoms with Gasteiger partial charge in [0.15, 0.2) is 0 Å². The lowest BCUT2D eigenvalue weighted by molar-refractivity contribution is -0.174. The second-order valence-corrected chi connectivity index (χ2v) is 7.27. The van der Waals surface area contributed by atoms with Gasteiger partial charge in [0, 0.05) is 45.4 Å². The Morgan fingerprint density at radius 2 is 1.92 bits per heavy atom. The first-order valence-electron chi connectivity index (χ1n) is 9.26. The molecule has 1 saturated carbocycles. The summed E-state index contributed by atoms with van der Waals surface area (Å²) in [4.78, 5) is 16.4. The summed E-state index contributed by atoms with van der Waals surface area (Å²) in [5.41, 5.74) is 0. The third-order valence-electron chi connectivity index (χ3n) is 4.95. The maximum Gasteiger partial charge on any atom is 0.411 e. The molecule has 25 heavy (non-hydrogen) atoms. The number of rotatable bonds is 6. The van der Waals surface area contributed by atoms with Crippen LogP contribution in [-0.2, 0) is 4.74 Å². The Hall–Kier alpha value is -1.02. The Bertz CT molecular complexity index is 412. The van der Waals surface area contributed by atoms with Crippen molar-refractivity contribution in [3.63, 3.8) is 0 Å². The number of halogens is 3. The van der Waals surface area contributed by atoms with E-state index in [1.54, 1.807) is 0 Å². The average molecular weight is 365 g/mol. The van der Waals surface area contributed by atoms with E-state index in [2.05, 4.69) is 21.9 Å². The molecule has 2 aliphatic rings. The highest BCUT2D eigenvalue weighted by atomic mass is 19.4. The largest absolute Gasteiger partial charge is 0.411 e. The number of hydrogen-bond donors (Lipinski definition) is 1. The van der Waals surface area contributed by atoms with E-state index < -0.39 is 12.8 Å². The third-order valence-corrected chi connectivity index (χ3v) is 4.95. The normalized spacial score (nSPS) is 25.8. The Morgan fingerprint density at radius 3 is 2.56 bits per heavy atom. The van der Waals surface area contributed by atoms with Crippen LogP contribution in [0.5, 0.6) is 0 Å². The fourth-order valence-electron chi connectivity index (χ4n) is 3.58. The van der Waals surface area contributed by atoms with Gasteiger partial charge >= 0.3 is 12.2 Å². The lowest BCUT2D eigenvalue weighted by Crippen LogP contribution is -2.54. The van der Waals surface area contributed by atoms with Crippen molar-refractivity contribution >= 4 is 6.03 Å². The molecule has 0 aromatic rings. The summed E-state index contributed by atoms with van der Waals surface area (Å²) in [6.45, 7) is 4.71. The Labute approximate surface area is 147 Å². The standard InChI is InChI=1S/C17H30F3N3O2/c1-14-4-2-5-15(12-14)21-16(24)23-9-7-22(8-10-23)6-3-11-25-13-17(18,19)20/h14-15H,2-13H2,1H3,(H,21,24). The molecule has 2 atom stereocenters. The van der Waals surface area contributed by atoms with Gasteiger partial charge in [-0.2, -0.15) is 13.2 Å². The number of nitrogens with zero attached hydrogens (tertiary/aromatic N) is 2. The summed E-state index contributed by atoms with van der Waals surface area (Å²) in [5.74, 6) is 0.676. The zero-order valence-electron chi connectivity index (χ0n) is 15.0. The molecular weight excluding hydrogens is 335 g/mol. The number of urea groups is 1. The molecule has 0 aromatic heterocycles. The van der Waals surface area contributed by atoms with Gasteiger partial charge in [-0.15, -0.1) is 0 Å². The maximum absolute atomic E-state index is 12.3. The van der Waals surface area contributed by atoms with Crippen molar-refractivity contribution in [1.29, 1.82) is 0 Å². The summed E-state index contributed by atoms with van der Waals surface area (Å²) in [5, 5.41) is 3.15. The van der Waals surface area contributed by atoms with E-state index in [0.717, 1.165) is 25.9 Å². The van der Waals surface area contributed by atoms with Crippen molar-refractivity contribution in [3.8, 4) is 0 Å². The first kappa shape index (κ1) is 20.3. The van der Waals surface area contributed by atoms with Crippen LogP contribution in [0.1, 0.15) is 39.0 Å². The van der Waals surface area contributed by atoms with Gasteiger partial charge in [0.25, 0.3) is 0 Å². The fraction of sp³-hybridized carbons (Fsp3) is 0.941. The van der Waals surface area contributed by atoms with E-state index >= 15 is 0 Å². The van der Waals surface area contributed by atoms with E-state index in [0.29, 0.717) is 38.0 Å². The number of amides is 2. The highest BCUT2D eigenvalue weighted by Crippen LogP contribution is 2.23. The predicted molar refractivity (Wildman–Crippen MR) is 89.5 cm³/mol. The van der Waals surface area contributed by atoms with Crippen LogP contribution in [0, 0.1) is 5.92 Å². The van der Waals surface area contributed by atoms with E-state index in [-0.39, 0.29) is 12.6 Å². The number of piperazine rings is 1. The molecule has 1 N–H and O–H groups in total. The molecule has 1 aliphatic heterocycles. The van der Waals surface area contributed by atoms with E-state index in [1.165, 1.54) is 12.8 Å². The minimum Gasteiger partial charge on any atom is -0.372 e. The summed E-state index contributed by atoms with van der Waals surface area (Å²) in [6.07, 6.45) is 0.864. The maximum atomic E-state index is 12.3. The molecule has 2 fully saturated rings. The molecule has 1 heterocycles.